The number of aldehydes is 1. The average Bonchev–Trinajstić information content (AvgIpc) is 2.15. The van der Waals surface area contributed by atoms with Crippen molar-refractivity contribution in [3.8, 4) is 11.8 Å². The van der Waals surface area contributed by atoms with E-state index in [1.165, 1.54) is 0 Å². The lowest BCUT2D eigenvalue weighted by molar-refractivity contribution is -0.137. The summed E-state index contributed by atoms with van der Waals surface area (Å²) in [5, 5.41) is 0. The molecule has 5 heteroatoms. The van der Waals surface area contributed by atoms with Crippen LogP contribution in [0.3, 0.4) is 0 Å². The largest absolute Gasteiger partial charge is 0.416 e. The van der Waals surface area contributed by atoms with Crippen molar-refractivity contribution >= 4 is 12.0 Å². The minimum Gasteiger partial charge on any atom is -0.398 e. The van der Waals surface area contributed by atoms with Crippen molar-refractivity contribution in [3.63, 3.8) is 0 Å². The fourth-order valence-electron chi connectivity index (χ4n) is 0.948. The molecule has 2 N–H and O–H groups in total. The van der Waals surface area contributed by atoms with Gasteiger partial charge in [-0.25, -0.2) is 0 Å². The highest BCUT2D eigenvalue weighted by Gasteiger charge is 2.30. The molecule has 0 atom stereocenters. The van der Waals surface area contributed by atoms with Gasteiger partial charge in [0.2, 0.25) is 0 Å². The maximum atomic E-state index is 12.3. The molecule has 0 aliphatic rings. The molecule has 15 heavy (non-hydrogen) atoms. The Hall–Kier alpha value is -1.96. The molecule has 2 nitrogen and oxygen atoms in total. The topological polar surface area (TPSA) is 43.1 Å². The summed E-state index contributed by atoms with van der Waals surface area (Å²) in [6, 6.07) is 2.78. The zero-order valence-corrected chi connectivity index (χ0v) is 7.43. The van der Waals surface area contributed by atoms with Crippen LogP contribution < -0.4 is 5.73 Å². The summed E-state index contributed by atoms with van der Waals surface area (Å²) >= 11 is 0. The molecular weight excluding hydrogens is 207 g/mol. The van der Waals surface area contributed by atoms with Crippen molar-refractivity contribution in [2.24, 2.45) is 0 Å². The molecule has 1 rings (SSSR count). The lowest BCUT2D eigenvalue weighted by Crippen LogP contribution is -2.05. The summed E-state index contributed by atoms with van der Waals surface area (Å²) in [5.41, 5.74) is 4.65. The number of halogens is 3. The highest BCUT2D eigenvalue weighted by atomic mass is 19.4. The summed E-state index contributed by atoms with van der Waals surface area (Å²) in [6.45, 7) is 0. The zero-order chi connectivity index (χ0) is 11.5. The number of alkyl halides is 3. The van der Waals surface area contributed by atoms with Crippen molar-refractivity contribution in [1.82, 2.24) is 0 Å². The van der Waals surface area contributed by atoms with Crippen molar-refractivity contribution in [2.75, 3.05) is 5.73 Å². The molecule has 0 saturated carbocycles. The fraction of sp³-hybridized carbons (Fsp3) is 0.100. The first-order valence-corrected chi connectivity index (χ1v) is 3.87. The van der Waals surface area contributed by atoms with Gasteiger partial charge in [0.15, 0.2) is 6.29 Å². The first-order valence-electron chi connectivity index (χ1n) is 3.87. The van der Waals surface area contributed by atoms with Gasteiger partial charge in [0, 0.05) is 11.3 Å². The molecule has 0 bridgehead atoms. The van der Waals surface area contributed by atoms with Crippen LogP contribution in [0.1, 0.15) is 11.1 Å². The first-order chi connectivity index (χ1) is 6.95. The van der Waals surface area contributed by atoms with E-state index < -0.39 is 11.7 Å². The second-order valence-corrected chi connectivity index (χ2v) is 2.69. The summed E-state index contributed by atoms with van der Waals surface area (Å²) in [5.74, 6) is 4.24. The molecule has 1 aromatic carbocycles. The van der Waals surface area contributed by atoms with Gasteiger partial charge in [-0.3, -0.25) is 4.79 Å². The van der Waals surface area contributed by atoms with Crippen molar-refractivity contribution in [3.05, 3.63) is 29.3 Å². The normalized spacial score (nSPS) is 10.3. The molecule has 0 spiro atoms. The van der Waals surface area contributed by atoms with E-state index in [-0.39, 0.29) is 11.3 Å². The molecule has 0 aromatic heterocycles. The van der Waals surface area contributed by atoms with Gasteiger partial charge in [-0.1, -0.05) is 5.92 Å². The Kier molecular flexibility index (Phi) is 3.00. The molecular formula is C10H6F3NO. The second-order valence-electron chi connectivity index (χ2n) is 2.69. The molecule has 0 fully saturated rings. The maximum Gasteiger partial charge on any atom is 0.416 e. The third kappa shape index (κ3) is 2.74. The predicted octanol–water partition coefficient (Wildman–Crippen LogP) is 1.84. The Morgan fingerprint density at radius 3 is 2.53 bits per heavy atom. The minimum absolute atomic E-state index is 0.00285. The molecule has 0 radical (unpaired) electrons. The van der Waals surface area contributed by atoms with Crippen LogP contribution in [0.25, 0.3) is 0 Å². The monoisotopic (exact) mass is 213 g/mol. The van der Waals surface area contributed by atoms with Crippen LogP contribution in [0, 0.1) is 11.8 Å². The van der Waals surface area contributed by atoms with Gasteiger partial charge >= 0.3 is 6.18 Å². The smallest absolute Gasteiger partial charge is 0.398 e. The third-order valence-corrected chi connectivity index (χ3v) is 1.65. The molecule has 0 aliphatic carbocycles. The summed E-state index contributed by atoms with van der Waals surface area (Å²) in [7, 11) is 0. The van der Waals surface area contributed by atoms with Crippen LogP contribution in [0.4, 0.5) is 18.9 Å². The first kappa shape index (κ1) is 11.1. The average molecular weight is 213 g/mol. The minimum atomic E-state index is -4.44. The second kappa shape index (κ2) is 4.05. The number of nitrogens with two attached hydrogens (primary N) is 1. The number of anilines is 1. The van der Waals surface area contributed by atoms with Crippen molar-refractivity contribution < 1.29 is 18.0 Å². The lowest BCUT2D eigenvalue weighted by Gasteiger charge is -2.07. The van der Waals surface area contributed by atoms with Gasteiger partial charge in [-0.05, 0) is 24.1 Å². The van der Waals surface area contributed by atoms with E-state index in [0.29, 0.717) is 6.29 Å². The highest BCUT2D eigenvalue weighted by Crippen LogP contribution is 2.30. The predicted molar refractivity (Wildman–Crippen MR) is 48.8 cm³/mol. The Labute approximate surface area is 83.9 Å². The number of benzene rings is 1. The molecule has 0 heterocycles. The van der Waals surface area contributed by atoms with E-state index in [1.54, 1.807) is 0 Å². The lowest BCUT2D eigenvalue weighted by atomic mass is 10.1. The molecule has 78 valence electrons. The van der Waals surface area contributed by atoms with Crippen molar-refractivity contribution in [2.45, 2.75) is 6.18 Å². The number of nitrogen functional groups attached to an aromatic ring is 1. The van der Waals surface area contributed by atoms with E-state index in [9.17, 15) is 18.0 Å². The Morgan fingerprint density at radius 2 is 2.00 bits per heavy atom. The van der Waals surface area contributed by atoms with Crippen LogP contribution >= 0.6 is 0 Å². The summed E-state index contributed by atoms with van der Waals surface area (Å²) in [4.78, 5) is 9.93. The van der Waals surface area contributed by atoms with E-state index in [4.69, 9.17) is 5.73 Å². The quantitative estimate of drug-likeness (QED) is 0.406. The number of carbonyl (C=O) groups is 1. The summed E-state index contributed by atoms with van der Waals surface area (Å²) in [6.07, 6.45) is -4.15. The summed E-state index contributed by atoms with van der Waals surface area (Å²) < 4.78 is 36.8. The molecule has 0 aliphatic heterocycles. The van der Waals surface area contributed by atoms with E-state index in [1.807, 2.05) is 5.92 Å². The Morgan fingerprint density at radius 1 is 1.33 bits per heavy atom. The van der Waals surface area contributed by atoms with Crippen LogP contribution in [-0.4, -0.2) is 6.29 Å². The third-order valence-electron chi connectivity index (χ3n) is 1.65. The molecule has 0 saturated heterocycles. The van der Waals surface area contributed by atoms with Gasteiger partial charge < -0.3 is 5.73 Å². The van der Waals surface area contributed by atoms with Gasteiger partial charge in [0.1, 0.15) is 0 Å². The van der Waals surface area contributed by atoms with E-state index in [2.05, 4.69) is 5.92 Å². The van der Waals surface area contributed by atoms with Gasteiger partial charge in [0.05, 0.1) is 5.56 Å². The van der Waals surface area contributed by atoms with Gasteiger partial charge in [0.25, 0.3) is 0 Å². The van der Waals surface area contributed by atoms with Crippen LogP contribution in [-0.2, 0) is 11.0 Å². The molecule has 0 unspecified atom stereocenters. The van der Waals surface area contributed by atoms with Gasteiger partial charge in [-0.15, -0.1) is 0 Å². The van der Waals surface area contributed by atoms with Crippen LogP contribution in [0.5, 0.6) is 0 Å². The Bertz CT molecular complexity index is 440. The Balaban J connectivity index is 3.22. The number of hydrogen-bond acceptors (Lipinski definition) is 2. The van der Waals surface area contributed by atoms with Gasteiger partial charge in [-0.2, -0.15) is 13.2 Å². The van der Waals surface area contributed by atoms with Crippen LogP contribution in [0.2, 0.25) is 0 Å². The number of hydrogen-bond donors (Lipinski definition) is 1. The van der Waals surface area contributed by atoms with E-state index in [0.717, 1.165) is 18.2 Å². The molecule has 1 aromatic rings. The highest BCUT2D eigenvalue weighted by molar-refractivity contribution is 5.75. The SMILES string of the molecule is Nc1ccc(C(F)(F)F)cc1C#CC=O. The molecule has 0 amide bonds. The van der Waals surface area contributed by atoms with Crippen molar-refractivity contribution in [1.29, 1.82) is 0 Å². The zero-order valence-electron chi connectivity index (χ0n) is 7.43. The standard InChI is InChI=1S/C10H6F3NO/c11-10(12,13)8-3-4-9(14)7(6-8)2-1-5-15/h3-6H,14H2. The van der Waals surface area contributed by atoms with Crippen LogP contribution in [0.15, 0.2) is 18.2 Å². The fourth-order valence-corrected chi connectivity index (χ4v) is 0.948. The van der Waals surface area contributed by atoms with E-state index >= 15 is 0 Å². The number of rotatable bonds is 0. The maximum absolute atomic E-state index is 12.3. The number of carbonyl (C=O) groups excluding carboxylic acids is 1.